The molecule has 1 aromatic heterocycles. The number of nitrogens with zero attached hydrogens (tertiary/aromatic N) is 1. The van der Waals surface area contributed by atoms with E-state index in [2.05, 4.69) is 35.1 Å². The average Bonchev–Trinajstić information content (AvgIpc) is 3.30. The summed E-state index contributed by atoms with van der Waals surface area (Å²) in [6.07, 6.45) is 2.32. The van der Waals surface area contributed by atoms with Crippen molar-refractivity contribution in [2.45, 2.75) is 31.8 Å². The van der Waals surface area contributed by atoms with E-state index in [4.69, 9.17) is 0 Å². The van der Waals surface area contributed by atoms with Crippen LogP contribution in [-0.4, -0.2) is 10.5 Å². The SMILES string of the molecule is CCn1cc(C(CC(=O)NC(c2ccccc2)c2ccccc2)c2cccc(F)c2)c2ccccc21. The molecular weight excluding hydrogens is 447 g/mol. The van der Waals surface area contributed by atoms with Gasteiger partial charge >= 0.3 is 0 Å². The third-order valence-corrected chi connectivity index (χ3v) is 6.75. The van der Waals surface area contributed by atoms with E-state index < -0.39 is 0 Å². The fraction of sp³-hybridized carbons (Fsp3) is 0.156. The summed E-state index contributed by atoms with van der Waals surface area (Å²) in [5, 5.41) is 4.35. The maximum absolute atomic E-state index is 14.3. The predicted octanol–water partition coefficient (Wildman–Crippen LogP) is 7.23. The Morgan fingerprint density at radius 2 is 1.42 bits per heavy atom. The number of benzene rings is 4. The van der Waals surface area contributed by atoms with Crippen molar-refractivity contribution in [3.63, 3.8) is 0 Å². The molecule has 0 saturated carbocycles. The third-order valence-electron chi connectivity index (χ3n) is 6.75. The Balaban J connectivity index is 1.52. The van der Waals surface area contributed by atoms with E-state index >= 15 is 0 Å². The van der Waals surface area contributed by atoms with Crippen LogP contribution in [0.1, 0.15) is 47.6 Å². The molecule has 5 rings (SSSR count). The molecule has 0 radical (unpaired) electrons. The first-order valence-electron chi connectivity index (χ1n) is 12.4. The van der Waals surface area contributed by atoms with E-state index in [0.717, 1.165) is 39.7 Å². The Labute approximate surface area is 211 Å². The quantitative estimate of drug-likeness (QED) is 0.252. The van der Waals surface area contributed by atoms with E-state index in [-0.39, 0.29) is 30.1 Å². The van der Waals surface area contributed by atoms with Crippen LogP contribution in [0, 0.1) is 5.82 Å². The molecule has 3 nitrogen and oxygen atoms in total. The molecule has 1 amide bonds. The highest BCUT2D eigenvalue weighted by atomic mass is 19.1. The second-order valence-electron chi connectivity index (χ2n) is 9.02. The Morgan fingerprint density at radius 1 is 0.806 bits per heavy atom. The minimum absolute atomic E-state index is 0.0877. The van der Waals surface area contributed by atoms with Crippen LogP contribution < -0.4 is 5.32 Å². The third kappa shape index (κ3) is 4.94. The van der Waals surface area contributed by atoms with Gasteiger partial charge in [-0.2, -0.15) is 0 Å². The zero-order valence-corrected chi connectivity index (χ0v) is 20.3. The summed E-state index contributed by atoms with van der Waals surface area (Å²) in [6, 6.07) is 34.5. The Hall–Kier alpha value is -4.18. The van der Waals surface area contributed by atoms with Crippen molar-refractivity contribution in [3.8, 4) is 0 Å². The van der Waals surface area contributed by atoms with Crippen molar-refractivity contribution < 1.29 is 9.18 Å². The van der Waals surface area contributed by atoms with Crippen LogP contribution in [0.5, 0.6) is 0 Å². The van der Waals surface area contributed by atoms with Crippen LogP contribution in [0.4, 0.5) is 4.39 Å². The van der Waals surface area contributed by atoms with Crippen molar-refractivity contribution >= 4 is 16.8 Å². The Morgan fingerprint density at radius 3 is 2.06 bits per heavy atom. The number of fused-ring (bicyclic) bond motifs is 1. The zero-order chi connectivity index (χ0) is 24.9. The number of para-hydroxylation sites is 1. The van der Waals surface area contributed by atoms with Crippen LogP contribution >= 0.6 is 0 Å². The average molecular weight is 477 g/mol. The van der Waals surface area contributed by atoms with Crippen molar-refractivity contribution in [2.24, 2.45) is 0 Å². The highest BCUT2D eigenvalue weighted by molar-refractivity contribution is 5.87. The standard InChI is InChI=1S/C32H29FN2O/c1-2-35-22-29(27-18-9-10-19-30(27)35)28(25-16-11-17-26(33)20-25)21-31(36)34-32(23-12-5-3-6-13-23)24-14-7-4-8-15-24/h3-20,22,28,32H,2,21H2,1H3,(H,34,36). The van der Waals surface area contributed by atoms with Gasteiger partial charge in [0.1, 0.15) is 5.82 Å². The molecule has 0 bridgehead atoms. The van der Waals surface area contributed by atoms with Crippen LogP contribution in [0.2, 0.25) is 0 Å². The predicted molar refractivity (Wildman–Crippen MR) is 143 cm³/mol. The zero-order valence-electron chi connectivity index (χ0n) is 20.3. The van der Waals surface area contributed by atoms with E-state index in [9.17, 15) is 9.18 Å². The van der Waals surface area contributed by atoms with Crippen LogP contribution in [-0.2, 0) is 11.3 Å². The maximum atomic E-state index is 14.3. The highest BCUT2D eigenvalue weighted by Crippen LogP contribution is 2.35. The van der Waals surface area contributed by atoms with Crippen molar-refractivity contribution in [3.05, 3.63) is 143 Å². The van der Waals surface area contributed by atoms with E-state index in [0.29, 0.717) is 0 Å². The number of amides is 1. The van der Waals surface area contributed by atoms with Gasteiger partial charge in [0.25, 0.3) is 0 Å². The van der Waals surface area contributed by atoms with Crippen molar-refractivity contribution in [2.75, 3.05) is 0 Å². The van der Waals surface area contributed by atoms with Gasteiger partial charge < -0.3 is 9.88 Å². The summed E-state index contributed by atoms with van der Waals surface area (Å²) in [5.41, 5.74) is 4.97. The Kier molecular flexibility index (Phi) is 6.94. The minimum Gasteiger partial charge on any atom is -0.347 e. The van der Waals surface area contributed by atoms with Gasteiger partial charge in [0, 0.05) is 36.0 Å². The lowest BCUT2D eigenvalue weighted by Gasteiger charge is -2.23. The lowest BCUT2D eigenvalue weighted by atomic mass is 9.87. The number of hydrogen-bond donors (Lipinski definition) is 1. The van der Waals surface area contributed by atoms with Crippen LogP contribution in [0.3, 0.4) is 0 Å². The van der Waals surface area contributed by atoms with Gasteiger partial charge in [-0.15, -0.1) is 0 Å². The number of aromatic nitrogens is 1. The van der Waals surface area contributed by atoms with E-state index in [1.165, 1.54) is 6.07 Å². The Bertz CT molecular complexity index is 1420. The lowest BCUT2D eigenvalue weighted by Crippen LogP contribution is -2.30. The summed E-state index contributed by atoms with van der Waals surface area (Å²) in [6.45, 7) is 2.91. The largest absolute Gasteiger partial charge is 0.347 e. The number of nitrogens with one attached hydrogen (secondary N) is 1. The topological polar surface area (TPSA) is 34.0 Å². The first-order valence-corrected chi connectivity index (χ1v) is 12.4. The molecule has 180 valence electrons. The molecule has 1 N–H and O–H groups in total. The normalized spacial score (nSPS) is 12.1. The molecule has 0 saturated heterocycles. The molecule has 0 spiro atoms. The fourth-order valence-corrected chi connectivity index (χ4v) is 5.00. The van der Waals surface area contributed by atoms with Crippen LogP contribution in [0.15, 0.2) is 115 Å². The van der Waals surface area contributed by atoms with E-state index in [1.807, 2.05) is 78.9 Å². The molecular formula is C32H29FN2O. The van der Waals surface area contributed by atoms with Gasteiger partial charge in [0.05, 0.1) is 6.04 Å². The molecule has 4 aromatic carbocycles. The second kappa shape index (κ2) is 10.6. The van der Waals surface area contributed by atoms with Crippen molar-refractivity contribution in [1.29, 1.82) is 0 Å². The van der Waals surface area contributed by atoms with Gasteiger partial charge in [-0.05, 0) is 47.4 Å². The molecule has 1 atom stereocenters. The smallest absolute Gasteiger partial charge is 0.221 e. The second-order valence-corrected chi connectivity index (χ2v) is 9.02. The number of aryl methyl sites for hydroxylation is 1. The van der Waals surface area contributed by atoms with Gasteiger partial charge in [-0.3, -0.25) is 4.79 Å². The monoisotopic (exact) mass is 476 g/mol. The summed E-state index contributed by atoms with van der Waals surface area (Å²) in [5.74, 6) is -0.676. The van der Waals surface area contributed by atoms with Gasteiger partial charge in [0.15, 0.2) is 0 Å². The minimum atomic E-state index is -0.302. The molecule has 0 fully saturated rings. The molecule has 36 heavy (non-hydrogen) atoms. The summed E-state index contributed by atoms with van der Waals surface area (Å²) < 4.78 is 16.5. The molecule has 4 heteroatoms. The number of carbonyl (C=O) groups is 1. The van der Waals surface area contributed by atoms with Gasteiger partial charge in [-0.25, -0.2) is 4.39 Å². The lowest BCUT2D eigenvalue weighted by molar-refractivity contribution is -0.121. The summed E-state index contributed by atoms with van der Waals surface area (Å²) in [7, 11) is 0. The summed E-state index contributed by atoms with van der Waals surface area (Å²) in [4.78, 5) is 13.6. The van der Waals surface area contributed by atoms with Crippen molar-refractivity contribution in [1.82, 2.24) is 9.88 Å². The fourth-order valence-electron chi connectivity index (χ4n) is 5.00. The van der Waals surface area contributed by atoms with Gasteiger partial charge in [-0.1, -0.05) is 91.0 Å². The molecule has 1 heterocycles. The first-order chi connectivity index (χ1) is 17.6. The van der Waals surface area contributed by atoms with Gasteiger partial charge in [0.2, 0.25) is 5.91 Å². The van der Waals surface area contributed by atoms with Crippen LogP contribution in [0.25, 0.3) is 10.9 Å². The molecule has 0 aliphatic rings. The molecule has 1 unspecified atom stereocenters. The number of halogens is 1. The summed E-state index contributed by atoms with van der Waals surface area (Å²) >= 11 is 0. The molecule has 0 aliphatic carbocycles. The highest BCUT2D eigenvalue weighted by Gasteiger charge is 2.25. The molecule has 5 aromatic rings. The number of rotatable bonds is 8. The first kappa shape index (κ1) is 23.6. The number of carbonyl (C=O) groups excluding carboxylic acids is 1. The number of hydrogen-bond acceptors (Lipinski definition) is 1. The molecule has 0 aliphatic heterocycles. The van der Waals surface area contributed by atoms with E-state index in [1.54, 1.807) is 12.1 Å². The maximum Gasteiger partial charge on any atom is 0.221 e.